The summed E-state index contributed by atoms with van der Waals surface area (Å²) in [6.45, 7) is 9.87. The Morgan fingerprint density at radius 3 is 2.39 bits per heavy atom. The number of nitriles is 1. The van der Waals surface area contributed by atoms with Crippen LogP contribution in [0.3, 0.4) is 0 Å². The largest absolute Gasteiger partial charge is 0.378 e. The summed E-state index contributed by atoms with van der Waals surface area (Å²) in [6.07, 6.45) is 0. The molecule has 0 bridgehead atoms. The summed E-state index contributed by atoms with van der Waals surface area (Å²) < 4.78 is 5.47. The Kier molecular flexibility index (Phi) is 5.75. The van der Waals surface area contributed by atoms with Gasteiger partial charge in [-0.1, -0.05) is 30.3 Å². The lowest BCUT2D eigenvalue weighted by Crippen LogP contribution is -2.46. The molecule has 0 aliphatic carbocycles. The molecular formula is C22H27N5O. The van der Waals surface area contributed by atoms with E-state index in [1.807, 2.05) is 13.0 Å². The Morgan fingerprint density at radius 1 is 1.00 bits per heavy atom. The van der Waals surface area contributed by atoms with Crippen LogP contribution in [0, 0.1) is 18.3 Å². The van der Waals surface area contributed by atoms with E-state index in [0.717, 1.165) is 76.2 Å². The minimum Gasteiger partial charge on any atom is -0.378 e. The second-order valence-electron chi connectivity index (χ2n) is 7.46. The van der Waals surface area contributed by atoms with Crippen molar-refractivity contribution in [2.45, 2.75) is 13.5 Å². The molecule has 146 valence electrons. The van der Waals surface area contributed by atoms with Gasteiger partial charge in [-0.25, -0.2) is 4.98 Å². The van der Waals surface area contributed by atoms with E-state index >= 15 is 0 Å². The molecule has 6 nitrogen and oxygen atoms in total. The molecule has 1 aromatic heterocycles. The average Bonchev–Trinajstić information content (AvgIpc) is 2.75. The molecule has 2 aliphatic heterocycles. The van der Waals surface area contributed by atoms with Crippen LogP contribution in [0.25, 0.3) is 0 Å². The Labute approximate surface area is 166 Å². The molecule has 2 aliphatic rings. The summed E-state index contributed by atoms with van der Waals surface area (Å²) in [4.78, 5) is 11.9. The number of hydrogen-bond donors (Lipinski definition) is 0. The molecule has 0 radical (unpaired) electrons. The van der Waals surface area contributed by atoms with Gasteiger partial charge in [-0.3, -0.25) is 4.90 Å². The minimum absolute atomic E-state index is 0.702. The fourth-order valence-corrected chi connectivity index (χ4v) is 3.92. The fourth-order valence-electron chi connectivity index (χ4n) is 3.92. The summed E-state index contributed by atoms with van der Waals surface area (Å²) in [7, 11) is 0. The minimum atomic E-state index is 0.702. The third kappa shape index (κ3) is 4.11. The van der Waals surface area contributed by atoms with Gasteiger partial charge in [0.15, 0.2) is 0 Å². The molecule has 6 heteroatoms. The topological polar surface area (TPSA) is 55.6 Å². The number of anilines is 2. The van der Waals surface area contributed by atoms with Crippen LogP contribution in [0.5, 0.6) is 0 Å². The summed E-state index contributed by atoms with van der Waals surface area (Å²) in [5.74, 6) is 1.80. The quantitative estimate of drug-likeness (QED) is 0.816. The first-order valence-electron chi connectivity index (χ1n) is 10.0. The van der Waals surface area contributed by atoms with E-state index in [-0.39, 0.29) is 0 Å². The lowest BCUT2D eigenvalue weighted by molar-refractivity contribution is 0.122. The summed E-state index contributed by atoms with van der Waals surface area (Å²) in [5.41, 5.74) is 3.05. The van der Waals surface area contributed by atoms with E-state index in [9.17, 15) is 5.26 Å². The van der Waals surface area contributed by atoms with E-state index in [1.165, 1.54) is 5.56 Å². The van der Waals surface area contributed by atoms with Crippen LogP contribution in [0.4, 0.5) is 11.6 Å². The van der Waals surface area contributed by atoms with Gasteiger partial charge in [0.2, 0.25) is 0 Å². The van der Waals surface area contributed by atoms with Gasteiger partial charge in [-0.15, -0.1) is 0 Å². The van der Waals surface area contributed by atoms with Crippen LogP contribution in [-0.4, -0.2) is 62.4 Å². The highest BCUT2D eigenvalue weighted by Crippen LogP contribution is 2.27. The molecule has 2 saturated heterocycles. The van der Waals surface area contributed by atoms with E-state index in [0.29, 0.717) is 5.56 Å². The molecule has 0 unspecified atom stereocenters. The van der Waals surface area contributed by atoms with E-state index in [4.69, 9.17) is 9.72 Å². The number of aromatic nitrogens is 1. The molecule has 28 heavy (non-hydrogen) atoms. The van der Waals surface area contributed by atoms with Crippen molar-refractivity contribution in [2.24, 2.45) is 0 Å². The van der Waals surface area contributed by atoms with Crippen LogP contribution in [-0.2, 0) is 11.3 Å². The van der Waals surface area contributed by atoms with Crippen molar-refractivity contribution in [1.29, 1.82) is 5.26 Å². The maximum absolute atomic E-state index is 9.72. The molecule has 4 rings (SSSR count). The number of pyridine rings is 1. The van der Waals surface area contributed by atoms with Crippen LogP contribution in [0.15, 0.2) is 36.4 Å². The summed E-state index contributed by atoms with van der Waals surface area (Å²) in [5, 5.41) is 9.72. The maximum atomic E-state index is 9.72. The zero-order valence-corrected chi connectivity index (χ0v) is 16.5. The number of aryl methyl sites for hydroxylation is 1. The zero-order valence-electron chi connectivity index (χ0n) is 16.5. The van der Waals surface area contributed by atoms with Gasteiger partial charge >= 0.3 is 0 Å². The normalized spacial score (nSPS) is 18.1. The number of morpholine rings is 1. The van der Waals surface area contributed by atoms with Crippen molar-refractivity contribution in [3.8, 4) is 6.07 Å². The number of piperazine rings is 1. The first kappa shape index (κ1) is 18.7. The Morgan fingerprint density at radius 2 is 1.71 bits per heavy atom. The van der Waals surface area contributed by atoms with Crippen LogP contribution in [0.1, 0.15) is 16.7 Å². The van der Waals surface area contributed by atoms with Crippen molar-refractivity contribution in [3.05, 3.63) is 53.1 Å². The molecule has 0 saturated carbocycles. The first-order chi connectivity index (χ1) is 13.7. The predicted molar refractivity (Wildman–Crippen MR) is 111 cm³/mol. The Hall–Kier alpha value is -2.62. The number of nitrogens with zero attached hydrogens (tertiary/aromatic N) is 5. The monoisotopic (exact) mass is 377 g/mol. The highest BCUT2D eigenvalue weighted by atomic mass is 16.5. The average molecular weight is 377 g/mol. The lowest BCUT2D eigenvalue weighted by Gasteiger charge is -2.36. The van der Waals surface area contributed by atoms with Crippen LogP contribution >= 0.6 is 0 Å². The first-order valence-corrected chi connectivity index (χ1v) is 10.0. The number of ether oxygens (including phenoxy) is 1. The van der Waals surface area contributed by atoms with Gasteiger partial charge in [0.25, 0.3) is 0 Å². The number of rotatable bonds is 4. The fraction of sp³-hybridized carbons (Fsp3) is 0.455. The van der Waals surface area contributed by atoms with Gasteiger partial charge in [0.1, 0.15) is 17.7 Å². The molecule has 2 fully saturated rings. The Balaban J connectivity index is 1.49. The molecule has 2 aromatic rings. The molecule has 0 spiro atoms. The molecule has 1 aromatic carbocycles. The molecular weight excluding hydrogens is 350 g/mol. The van der Waals surface area contributed by atoms with Gasteiger partial charge < -0.3 is 14.5 Å². The SMILES string of the molecule is Cc1cc(N2CCOCC2)nc(N2CCN(Cc3ccccc3)CC2)c1C#N. The van der Waals surface area contributed by atoms with Crippen molar-refractivity contribution in [3.63, 3.8) is 0 Å². The zero-order chi connectivity index (χ0) is 19.3. The summed E-state index contributed by atoms with van der Waals surface area (Å²) in [6, 6.07) is 15.0. The van der Waals surface area contributed by atoms with Gasteiger partial charge in [-0.2, -0.15) is 5.26 Å². The predicted octanol–water partition coefficient (Wildman–Crippen LogP) is 2.42. The lowest BCUT2D eigenvalue weighted by atomic mass is 10.1. The standard InChI is InChI=1S/C22H27N5O/c1-18-15-21(26-11-13-28-14-12-26)24-22(20(18)16-23)27-9-7-25(8-10-27)17-19-5-3-2-4-6-19/h2-6,15H,7-14,17H2,1H3. The second-order valence-corrected chi connectivity index (χ2v) is 7.46. The molecule has 3 heterocycles. The highest BCUT2D eigenvalue weighted by Gasteiger charge is 2.23. The van der Waals surface area contributed by atoms with Crippen molar-refractivity contribution < 1.29 is 4.74 Å². The van der Waals surface area contributed by atoms with Crippen molar-refractivity contribution in [2.75, 3.05) is 62.3 Å². The smallest absolute Gasteiger partial charge is 0.149 e. The second kappa shape index (κ2) is 8.59. The van der Waals surface area contributed by atoms with Crippen LogP contribution < -0.4 is 9.80 Å². The van der Waals surface area contributed by atoms with Crippen LogP contribution in [0.2, 0.25) is 0 Å². The third-order valence-corrected chi connectivity index (χ3v) is 5.55. The maximum Gasteiger partial charge on any atom is 0.149 e. The number of hydrogen-bond acceptors (Lipinski definition) is 6. The van der Waals surface area contributed by atoms with Gasteiger partial charge in [0.05, 0.1) is 18.8 Å². The number of benzene rings is 1. The summed E-state index contributed by atoms with van der Waals surface area (Å²) >= 11 is 0. The van der Waals surface area contributed by atoms with Gasteiger partial charge in [-0.05, 0) is 24.1 Å². The van der Waals surface area contributed by atoms with E-state index in [1.54, 1.807) is 0 Å². The van der Waals surface area contributed by atoms with Crippen molar-refractivity contribution in [1.82, 2.24) is 9.88 Å². The van der Waals surface area contributed by atoms with Crippen molar-refractivity contribution >= 4 is 11.6 Å². The molecule has 0 amide bonds. The van der Waals surface area contributed by atoms with E-state index < -0.39 is 0 Å². The molecule has 0 atom stereocenters. The Bertz CT molecular complexity index is 834. The van der Waals surface area contributed by atoms with E-state index in [2.05, 4.69) is 51.1 Å². The highest BCUT2D eigenvalue weighted by molar-refractivity contribution is 5.63. The third-order valence-electron chi connectivity index (χ3n) is 5.55. The van der Waals surface area contributed by atoms with Gasteiger partial charge in [0, 0.05) is 45.8 Å². The molecule has 0 N–H and O–H groups in total.